The first-order valence-electron chi connectivity index (χ1n) is 21.4. The average molecular weight is 862 g/mol. The monoisotopic (exact) mass is 861 g/mol. The molecule has 2 aliphatic rings. The van der Waals surface area contributed by atoms with Crippen LogP contribution in [0, 0.1) is 18.8 Å². The van der Waals surface area contributed by atoms with Crippen molar-refractivity contribution in [2.75, 3.05) is 39.4 Å². The maximum Gasteiger partial charge on any atom is 0.410 e. The first kappa shape index (κ1) is 47.2. The van der Waals surface area contributed by atoms with E-state index in [2.05, 4.69) is 4.98 Å². The van der Waals surface area contributed by atoms with Gasteiger partial charge < -0.3 is 24.0 Å². The van der Waals surface area contributed by atoms with E-state index in [1.54, 1.807) is 41.6 Å². The largest absolute Gasteiger partial charge is 0.491 e. The number of hydrogen-bond donors (Lipinski definition) is 0. The lowest BCUT2D eigenvalue weighted by molar-refractivity contribution is -0.155. The van der Waals surface area contributed by atoms with Crippen molar-refractivity contribution in [3.05, 3.63) is 78.1 Å². The number of amides is 2. The summed E-state index contributed by atoms with van der Waals surface area (Å²) in [5.41, 5.74) is 2.04. The molecule has 0 unspecified atom stereocenters. The summed E-state index contributed by atoms with van der Waals surface area (Å²) in [7, 11) is -3.90. The van der Waals surface area contributed by atoms with Crippen LogP contribution in [-0.2, 0) is 38.2 Å². The molecule has 13 nitrogen and oxygen atoms in total. The highest BCUT2D eigenvalue weighted by molar-refractivity contribution is 7.86. The zero-order valence-electron chi connectivity index (χ0n) is 36.8. The summed E-state index contributed by atoms with van der Waals surface area (Å²) < 4.78 is 47.1. The predicted octanol–water partition coefficient (Wildman–Crippen LogP) is 8.28. The highest BCUT2D eigenvalue weighted by Gasteiger charge is 2.33. The summed E-state index contributed by atoms with van der Waals surface area (Å²) in [6.45, 7) is 14.9. The van der Waals surface area contributed by atoms with Crippen LogP contribution in [0.5, 0.6) is 5.75 Å². The van der Waals surface area contributed by atoms with Crippen LogP contribution in [0.1, 0.15) is 110 Å². The Hall–Kier alpha value is -4.82. The van der Waals surface area contributed by atoms with Gasteiger partial charge in [0.15, 0.2) is 0 Å². The molecule has 2 amide bonds. The van der Waals surface area contributed by atoms with Gasteiger partial charge in [-0.3, -0.25) is 23.6 Å². The molecular weight excluding hydrogens is 799 g/mol. The van der Waals surface area contributed by atoms with Gasteiger partial charge in [0.2, 0.25) is 5.91 Å². The van der Waals surface area contributed by atoms with Gasteiger partial charge in [-0.05, 0) is 128 Å². The fourth-order valence-electron chi connectivity index (χ4n) is 7.64. The lowest BCUT2D eigenvalue weighted by atomic mass is 9.84. The lowest BCUT2D eigenvalue weighted by Crippen LogP contribution is -2.43. The Kier molecular flexibility index (Phi) is 16.1. The Balaban J connectivity index is 1.17. The quantitative estimate of drug-likeness (QED) is 0.0775. The molecule has 2 aromatic carbocycles. The van der Waals surface area contributed by atoms with E-state index in [1.807, 2.05) is 71.6 Å². The first-order valence-corrected chi connectivity index (χ1v) is 22.8. The average Bonchev–Trinajstić information content (AvgIpc) is 3.20. The van der Waals surface area contributed by atoms with E-state index in [1.165, 1.54) is 12.1 Å². The van der Waals surface area contributed by atoms with Crippen LogP contribution in [0.3, 0.4) is 0 Å². The number of pyridine rings is 1. The lowest BCUT2D eigenvalue weighted by Gasteiger charge is -2.35. The zero-order chi connectivity index (χ0) is 44.4. The zero-order valence-corrected chi connectivity index (χ0v) is 37.6. The number of likely N-dealkylation sites (tertiary alicyclic amines) is 2. The smallest absolute Gasteiger partial charge is 0.410 e. The van der Waals surface area contributed by atoms with Gasteiger partial charge in [0, 0.05) is 68.8 Å². The van der Waals surface area contributed by atoms with Crippen LogP contribution in [0.15, 0.2) is 71.9 Å². The number of aromatic nitrogens is 1. The summed E-state index contributed by atoms with van der Waals surface area (Å²) in [4.78, 5) is 61.3. The molecule has 0 bridgehead atoms. The Morgan fingerprint density at radius 1 is 0.787 bits per heavy atom. The van der Waals surface area contributed by atoms with Gasteiger partial charge in [0.05, 0.1) is 11.3 Å². The number of piperidine rings is 2. The van der Waals surface area contributed by atoms with E-state index >= 15 is 0 Å². The molecule has 0 N–H and O–H groups in total. The van der Waals surface area contributed by atoms with E-state index in [9.17, 15) is 27.6 Å². The minimum atomic E-state index is -3.90. The molecule has 3 aromatic rings. The van der Waals surface area contributed by atoms with Crippen molar-refractivity contribution < 1.29 is 46.0 Å². The third-order valence-electron chi connectivity index (χ3n) is 10.9. The Morgan fingerprint density at radius 3 is 2.11 bits per heavy atom. The van der Waals surface area contributed by atoms with Gasteiger partial charge in [-0.2, -0.15) is 8.42 Å². The SMILES string of the molecule is Cc1ccc(S(=O)(=O)OCCOc2ccc(-c3cncc([C@H](CC(=O)OC(C)(C)C)CC(=O)[C@@H]4CCCN(C(=O)CCC5CCN(C(=O)OC(C)(C)C)CC5)C4)c3)cc2)cc1. The molecule has 2 atom stereocenters. The Bertz CT molecular complexity index is 2070. The first-order chi connectivity index (χ1) is 28.7. The summed E-state index contributed by atoms with van der Waals surface area (Å²) in [6.07, 6.45) is 7.38. The molecule has 0 saturated carbocycles. The van der Waals surface area contributed by atoms with E-state index in [0.29, 0.717) is 50.7 Å². The van der Waals surface area contributed by atoms with Crippen molar-refractivity contribution >= 4 is 33.9 Å². The number of hydrogen-bond acceptors (Lipinski definition) is 11. The molecular formula is C47H63N3O10S. The second-order valence-electron chi connectivity index (χ2n) is 18.3. The van der Waals surface area contributed by atoms with Gasteiger partial charge in [-0.15, -0.1) is 0 Å². The van der Waals surface area contributed by atoms with Crippen LogP contribution in [0.2, 0.25) is 0 Å². The molecule has 332 valence electrons. The number of benzene rings is 2. The minimum absolute atomic E-state index is 0.00289. The van der Waals surface area contributed by atoms with Gasteiger partial charge >= 0.3 is 12.1 Å². The van der Waals surface area contributed by atoms with Crippen LogP contribution in [0.4, 0.5) is 4.79 Å². The highest BCUT2D eigenvalue weighted by atomic mass is 32.2. The normalized spacial score (nSPS) is 17.1. The van der Waals surface area contributed by atoms with Crippen LogP contribution >= 0.6 is 0 Å². The van der Waals surface area contributed by atoms with Crippen LogP contribution in [-0.4, -0.2) is 97.5 Å². The molecule has 2 aliphatic heterocycles. The number of aryl methyl sites for hydroxylation is 1. The van der Waals surface area contributed by atoms with Gasteiger partial charge in [0.1, 0.15) is 35.9 Å². The highest BCUT2D eigenvalue weighted by Crippen LogP contribution is 2.32. The molecule has 0 radical (unpaired) electrons. The molecule has 0 aliphatic carbocycles. The molecule has 14 heteroatoms. The molecule has 2 fully saturated rings. The van der Waals surface area contributed by atoms with Crippen molar-refractivity contribution in [3.63, 3.8) is 0 Å². The Morgan fingerprint density at radius 2 is 1.46 bits per heavy atom. The maximum atomic E-state index is 14.0. The van der Waals surface area contributed by atoms with E-state index in [4.69, 9.17) is 18.4 Å². The predicted molar refractivity (Wildman–Crippen MR) is 231 cm³/mol. The minimum Gasteiger partial charge on any atom is -0.491 e. The number of ether oxygens (including phenoxy) is 3. The summed E-state index contributed by atoms with van der Waals surface area (Å²) in [5, 5.41) is 0. The topological polar surface area (TPSA) is 159 Å². The van der Waals surface area contributed by atoms with Gasteiger partial charge in [0.25, 0.3) is 10.1 Å². The fraction of sp³-hybridized carbons (Fsp3) is 0.553. The molecule has 1 aromatic heterocycles. The summed E-state index contributed by atoms with van der Waals surface area (Å²) >= 11 is 0. The van der Waals surface area contributed by atoms with Crippen molar-refractivity contribution in [2.45, 2.75) is 122 Å². The summed E-state index contributed by atoms with van der Waals surface area (Å²) in [5.74, 6) is -0.326. The third kappa shape index (κ3) is 14.9. The molecule has 3 heterocycles. The number of carbonyl (C=O) groups excluding carboxylic acids is 4. The number of esters is 1. The standard InChI is InChI=1S/C47H63N3O10S/c1-33-10-17-41(18-11-33)61(55,56)58-26-25-57-40-15-13-35(14-16-40)38-27-39(31-48-30-38)37(29-44(53)59-46(2,3)4)28-42(51)36-9-8-22-50(32-36)43(52)19-12-34-20-23-49(24-21-34)45(54)60-47(5,6)7/h10-11,13-18,27,30-31,34,36-37H,8-9,12,19-26,28-29,32H2,1-7H3/t36-,37+/m1/s1. The van der Waals surface area contributed by atoms with E-state index in [0.717, 1.165) is 47.9 Å². The fourth-order valence-corrected chi connectivity index (χ4v) is 8.54. The number of ketones is 1. The van der Waals surface area contributed by atoms with Crippen molar-refractivity contribution in [3.8, 4) is 16.9 Å². The molecule has 2 saturated heterocycles. The third-order valence-corrected chi connectivity index (χ3v) is 12.2. The second kappa shape index (κ2) is 20.8. The van der Waals surface area contributed by atoms with Crippen molar-refractivity contribution in [2.24, 2.45) is 11.8 Å². The van der Waals surface area contributed by atoms with Crippen LogP contribution in [0.25, 0.3) is 11.1 Å². The maximum absolute atomic E-state index is 14.0. The van der Waals surface area contributed by atoms with E-state index < -0.39 is 33.2 Å². The Labute approximate surface area is 361 Å². The molecule has 0 spiro atoms. The van der Waals surface area contributed by atoms with Crippen molar-refractivity contribution in [1.29, 1.82) is 0 Å². The number of carbonyl (C=O) groups is 4. The second-order valence-corrected chi connectivity index (χ2v) is 19.9. The number of nitrogens with zero attached hydrogens (tertiary/aromatic N) is 3. The molecule has 5 rings (SSSR count). The number of Topliss-reactive ketones (excluding diaryl/α,β-unsaturated/α-hetero) is 1. The summed E-state index contributed by atoms with van der Waals surface area (Å²) in [6, 6.07) is 15.6. The van der Waals surface area contributed by atoms with Gasteiger partial charge in [-0.25, -0.2) is 4.79 Å². The van der Waals surface area contributed by atoms with Crippen LogP contribution < -0.4 is 4.74 Å². The molecule has 61 heavy (non-hydrogen) atoms. The van der Waals surface area contributed by atoms with E-state index in [-0.39, 0.29) is 54.7 Å². The van der Waals surface area contributed by atoms with Crippen molar-refractivity contribution in [1.82, 2.24) is 14.8 Å². The van der Waals surface area contributed by atoms with Gasteiger partial charge in [-0.1, -0.05) is 29.8 Å². The number of rotatable bonds is 16.